The summed E-state index contributed by atoms with van der Waals surface area (Å²) in [4.78, 5) is 0. The molecule has 6 heteroatoms. The van der Waals surface area contributed by atoms with Gasteiger partial charge >= 0.3 is 8.56 Å². The van der Waals surface area contributed by atoms with Crippen molar-refractivity contribution in [3.05, 3.63) is 0 Å². The molecule has 5 nitrogen and oxygen atoms in total. The first-order valence-corrected chi connectivity index (χ1v) is 7.06. The molecule has 0 aromatic rings. The number of nitrogens with two attached hydrogens (primary N) is 2. The fourth-order valence-electron chi connectivity index (χ4n) is 1.34. The monoisotopic (exact) mass is 222 g/mol. The van der Waals surface area contributed by atoms with E-state index < -0.39 is 14.3 Å². The van der Waals surface area contributed by atoms with Crippen molar-refractivity contribution in [2.45, 2.75) is 25.2 Å². The van der Waals surface area contributed by atoms with Gasteiger partial charge in [0, 0.05) is 26.2 Å². The van der Waals surface area contributed by atoms with Gasteiger partial charge in [-0.2, -0.15) is 0 Å². The molecule has 0 aliphatic heterocycles. The van der Waals surface area contributed by atoms with Gasteiger partial charge in [-0.3, -0.25) is 0 Å². The Balaban J connectivity index is 4.61. The molecule has 0 aromatic heterocycles. The molecule has 0 rings (SSSR count). The van der Waals surface area contributed by atoms with E-state index in [2.05, 4.69) is 0 Å². The van der Waals surface area contributed by atoms with E-state index in [0.717, 1.165) is 0 Å². The molecule has 86 valence electrons. The minimum Gasteiger partial charge on any atom is -0.396 e. The van der Waals surface area contributed by atoms with Crippen molar-refractivity contribution < 1.29 is 14.0 Å². The third-order valence-corrected chi connectivity index (χ3v) is 5.82. The van der Waals surface area contributed by atoms with Gasteiger partial charge in [-0.1, -0.05) is 0 Å². The average molecular weight is 222 g/mol. The number of aliphatic hydroxyl groups is 1. The fourth-order valence-corrected chi connectivity index (χ4v) is 3.21. The number of aliphatic hydroxyl groups excluding tert-OH is 1. The van der Waals surface area contributed by atoms with Crippen LogP contribution in [0.1, 0.15) is 6.92 Å². The molecule has 0 saturated carbocycles. The molecular formula is C8H22N2O3Si. The van der Waals surface area contributed by atoms with Crippen LogP contribution in [0, 0.1) is 5.92 Å². The van der Waals surface area contributed by atoms with Gasteiger partial charge in [-0.05, 0) is 20.0 Å². The highest BCUT2D eigenvalue weighted by molar-refractivity contribution is 6.67. The topological polar surface area (TPSA) is 90.7 Å². The van der Waals surface area contributed by atoms with E-state index in [1.54, 1.807) is 6.55 Å². The van der Waals surface area contributed by atoms with Gasteiger partial charge in [-0.25, -0.2) is 0 Å². The first kappa shape index (κ1) is 14.0. The van der Waals surface area contributed by atoms with Crippen molar-refractivity contribution in [2.75, 3.05) is 20.8 Å². The van der Waals surface area contributed by atoms with Crippen LogP contribution in [0.25, 0.3) is 0 Å². The molecular weight excluding hydrogens is 200 g/mol. The summed E-state index contributed by atoms with van der Waals surface area (Å²) >= 11 is 0. The van der Waals surface area contributed by atoms with Crippen LogP contribution in [-0.4, -0.2) is 46.2 Å². The maximum atomic E-state index is 10.1. The molecule has 0 fully saturated rings. The molecule has 0 heterocycles. The molecule has 5 N–H and O–H groups in total. The highest BCUT2D eigenvalue weighted by Gasteiger charge is 2.43. The summed E-state index contributed by atoms with van der Waals surface area (Å²) in [6.07, 6.45) is 0. The molecule has 0 radical (unpaired) electrons. The summed E-state index contributed by atoms with van der Waals surface area (Å²) < 4.78 is 10.5. The van der Waals surface area contributed by atoms with Gasteiger partial charge in [0.25, 0.3) is 0 Å². The number of hydrogen-bond acceptors (Lipinski definition) is 5. The first-order chi connectivity index (χ1) is 6.42. The zero-order valence-electron chi connectivity index (χ0n) is 9.36. The highest BCUT2D eigenvalue weighted by atomic mass is 28.4. The van der Waals surface area contributed by atoms with Crippen molar-refractivity contribution in [2.24, 2.45) is 17.4 Å². The maximum Gasteiger partial charge on any atom is 0.364 e. The Morgan fingerprint density at radius 1 is 1.36 bits per heavy atom. The van der Waals surface area contributed by atoms with Gasteiger partial charge < -0.3 is 25.4 Å². The lowest BCUT2D eigenvalue weighted by Gasteiger charge is -2.34. The van der Waals surface area contributed by atoms with E-state index >= 15 is 0 Å². The second kappa shape index (κ2) is 5.79. The average Bonchev–Trinajstić information content (AvgIpc) is 2.17. The Hall–Kier alpha value is 0.0169. The molecule has 0 aliphatic carbocycles. The van der Waals surface area contributed by atoms with Gasteiger partial charge in [0.1, 0.15) is 5.73 Å². The van der Waals surface area contributed by atoms with Crippen molar-refractivity contribution in [3.8, 4) is 0 Å². The van der Waals surface area contributed by atoms with Crippen molar-refractivity contribution >= 4 is 8.56 Å². The molecule has 3 atom stereocenters. The van der Waals surface area contributed by atoms with Crippen LogP contribution in [0.2, 0.25) is 6.55 Å². The van der Waals surface area contributed by atoms with Crippen LogP contribution >= 0.6 is 0 Å². The first-order valence-electron chi connectivity index (χ1n) is 4.67. The van der Waals surface area contributed by atoms with E-state index in [-0.39, 0.29) is 12.0 Å². The number of rotatable bonds is 6. The Kier molecular flexibility index (Phi) is 5.80. The lowest BCUT2D eigenvalue weighted by molar-refractivity contribution is 0.0969. The highest BCUT2D eigenvalue weighted by Crippen LogP contribution is 2.19. The predicted molar refractivity (Wildman–Crippen MR) is 57.8 cm³/mol. The van der Waals surface area contributed by atoms with Gasteiger partial charge in [0.15, 0.2) is 0 Å². The van der Waals surface area contributed by atoms with Crippen molar-refractivity contribution in [1.29, 1.82) is 0 Å². The molecule has 0 spiro atoms. The maximum absolute atomic E-state index is 10.1. The molecule has 0 aliphatic rings. The molecule has 0 bridgehead atoms. The predicted octanol–water partition coefficient (Wildman–Crippen LogP) is -0.827. The Morgan fingerprint density at radius 2 is 1.79 bits per heavy atom. The Morgan fingerprint density at radius 3 is 2.00 bits per heavy atom. The molecule has 0 amide bonds. The van der Waals surface area contributed by atoms with Gasteiger partial charge in [0.2, 0.25) is 0 Å². The van der Waals surface area contributed by atoms with E-state index in [1.165, 1.54) is 14.2 Å². The lowest BCUT2D eigenvalue weighted by atomic mass is 10.0. The minimum atomic E-state index is -2.55. The molecule has 0 saturated heterocycles. The van der Waals surface area contributed by atoms with Crippen molar-refractivity contribution in [3.63, 3.8) is 0 Å². The van der Waals surface area contributed by atoms with Gasteiger partial charge in [-0.15, -0.1) is 0 Å². The summed E-state index contributed by atoms with van der Waals surface area (Å²) in [6, 6.07) is -0.174. The standard InChI is InChI=1S/C8H22N2O3Si/c1-6(10)7(5-9)8(11)14(4,12-2)13-3/h6-8,11H,5,9-10H2,1-4H3. The third kappa shape index (κ3) is 3.01. The molecule has 14 heavy (non-hydrogen) atoms. The van der Waals surface area contributed by atoms with Crippen LogP contribution in [0.15, 0.2) is 0 Å². The van der Waals surface area contributed by atoms with Crippen LogP contribution in [-0.2, 0) is 8.85 Å². The zero-order chi connectivity index (χ0) is 11.4. The third-order valence-electron chi connectivity index (χ3n) is 2.70. The Labute approximate surface area is 86.6 Å². The summed E-state index contributed by atoms with van der Waals surface area (Å²) in [5.41, 5.74) is 10.6. The number of hydrogen-bond donors (Lipinski definition) is 3. The van der Waals surface area contributed by atoms with Crippen LogP contribution in [0.5, 0.6) is 0 Å². The quantitative estimate of drug-likeness (QED) is 0.511. The van der Waals surface area contributed by atoms with Gasteiger partial charge in [0.05, 0.1) is 0 Å². The zero-order valence-corrected chi connectivity index (χ0v) is 10.4. The lowest BCUT2D eigenvalue weighted by Crippen LogP contribution is -2.57. The molecule has 3 unspecified atom stereocenters. The Bertz CT molecular complexity index is 165. The summed E-state index contributed by atoms with van der Waals surface area (Å²) in [5.74, 6) is -0.188. The summed E-state index contributed by atoms with van der Waals surface area (Å²) in [6.45, 7) is 3.94. The summed E-state index contributed by atoms with van der Waals surface area (Å²) in [7, 11) is 0.519. The van der Waals surface area contributed by atoms with E-state index in [9.17, 15) is 5.11 Å². The second-order valence-electron chi connectivity index (χ2n) is 3.63. The summed E-state index contributed by atoms with van der Waals surface area (Å²) in [5, 5.41) is 10.1. The fraction of sp³-hybridized carbons (Fsp3) is 1.00. The molecule has 0 aromatic carbocycles. The SMILES string of the molecule is CO[Si](C)(OC)C(O)C(CN)C(C)N. The second-order valence-corrected chi connectivity index (χ2v) is 7.07. The largest absolute Gasteiger partial charge is 0.396 e. The van der Waals surface area contributed by atoms with Crippen molar-refractivity contribution in [1.82, 2.24) is 0 Å². The van der Waals surface area contributed by atoms with E-state index in [1.807, 2.05) is 6.92 Å². The van der Waals surface area contributed by atoms with E-state index in [4.69, 9.17) is 20.3 Å². The van der Waals surface area contributed by atoms with E-state index in [0.29, 0.717) is 6.54 Å². The smallest absolute Gasteiger partial charge is 0.364 e. The minimum absolute atomic E-state index is 0.174. The van der Waals surface area contributed by atoms with Crippen LogP contribution in [0.3, 0.4) is 0 Å². The van der Waals surface area contributed by atoms with Crippen LogP contribution in [0.4, 0.5) is 0 Å². The van der Waals surface area contributed by atoms with Crippen LogP contribution < -0.4 is 11.5 Å². The normalized spacial score (nSPS) is 19.1.